The lowest BCUT2D eigenvalue weighted by Gasteiger charge is -2.40. The Morgan fingerprint density at radius 3 is 2.77 bits per heavy atom. The first-order valence-electron chi connectivity index (χ1n) is 11.1. The molecule has 0 radical (unpaired) electrons. The number of hydrogen-bond acceptors (Lipinski definition) is 5. The van der Waals surface area contributed by atoms with Crippen molar-refractivity contribution in [2.45, 2.75) is 64.5 Å². The van der Waals surface area contributed by atoms with E-state index in [9.17, 15) is 8.78 Å². The first kappa shape index (κ1) is 20.2. The van der Waals surface area contributed by atoms with Gasteiger partial charge >= 0.3 is 6.01 Å². The van der Waals surface area contributed by atoms with Gasteiger partial charge in [0.2, 0.25) is 0 Å². The molecule has 2 heterocycles. The molecule has 8 heteroatoms. The predicted octanol–water partition coefficient (Wildman–Crippen LogP) is 4.78. The van der Waals surface area contributed by atoms with Crippen molar-refractivity contribution in [3.63, 3.8) is 0 Å². The SMILES string of the molecule is Cc1ccc(F)c(Cn2cnc3c(N)nc(OC4CCCC5CCCCC54)nc32)c1F. The molecule has 0 bridgehead atoms. The Morgan fingerprint density at radius 2 is 1.90 bits per heavy atom. The van der Waals surface area contributed by atoms with E-state index in [2.05, 4.69) is 15.0 Å². The van der Waals surface area contributed by atoms with Crippen LogP contribution in [0.4, 0.5) is 14.6 Å². The minimum Gasteiger partial charge on any atom is -0.460 e. The van der Waals surface area contributed by atoms with Gasteiger partial charge in [-0.15, -0.1) is 0 Å². The Morgan fingerprint density at radius 1 is 1.10 bits per heavy atom. The van der Waals surface area contributed by atoms with Gasteiger partial charge in [-0.3, -0.25) is 0 Å². The highest BCUT2D eigenvalue weighted by atomic mass is 19.1. The number of halogens is 2. The molecule has 0 aliphatic heterocycles. The Bertz CT molecular complexity index is 1110. The minimum absolute atomic E-state index is 0.0312. The second-order valence-corrected chi connectivity index (χ2v) is 8.89. The number of benzene rings is 1. The van der Waals surface area contributed by atoms with E-state index in [0.29, 0.717) is 28.6 Å². The van der Waals surface area contributed by atoms with Crippen molar-refractivity contribution in [3.05, 3.63) is 41.2 Å². The Hall–Kier alpha value is -2.77. The van der Waals surface area contributed by atoms with Crippen LogP contribution in [-0.4, -0.2) is 25.6 Å². The molecule has 31 heavy (non-hydrogen) atoms. The molecule has 2 N–H and O–H groups in total. The standard InChI is InChI=1S/C23H27F2N5O/c1-13-9-10-17(24)16(19(13)25)11-30-12-27-20-21(26)28-23(29-22(20)30)31-18-8-4-6-14-5-2-3-7-15(14)18/h9-10,12,14-15,18H,2-8,11H2,1H3,(H2,26,28,29). The summed E-state index contributed by atoms with van der Waals surface area (Å²) in [5, 5.41) is 0. The van der Waals surface area contributed by atoms with E-state index < -0.39 is 11.6 Å². The van der Waals surface area contributed by atoms with Crippen LogP contribution < -0.4 is 10.5 Å². The van der Waals surface area contributed by atoms with Crippen molar-refractivity contribution in [1.82, 2.24) is 19.5 Å². The highest BCUT2D eigenvalue weighted by Gasteiger charge is 2.36. The quantitative estimate of drug-likeness (QED) is 0.648. The molecule has 164 valence electrons. The van der Waals surface area contributed by atoms with Crippen molar-refractivity contribution in [2.75, 3.05) is 5.73 Å². The van der Waals surface area contributed by atoms with Gasteiger partial charge in [0.15, 0.2) is 17.0 Å². The van der Waals surface area contributed by atoms with Crippen LogP contribution in [0, 0.1) is 30.4 Å². The van der Waals surface area contributed by atoms with Crippen molar-refractivity contribution < 1.29 is 13.5 Å². The van der Waals surface area contributed by atoms with E-state index in [1.54, 1.807) is 11.5 Å². The molecular weight excluding hydrogens is 400 g/mol. The summed E-state index contributed by atoms with van der Waals surface area (Å²) in [5.41, 5.74) is 7.30. The maximum Gasteiger partial charge on any atom is 0.320 e. The van der Waals surface area contributed by atoms with Crippen LogP contribution in [0.1, 0.15) is 56.1 Å². The lowest BCUT2D eigenvalue weighted by Crippen LogP contribution is -2.38. The second-order valence-electron chi connectivity index (χ2n) is 8.89. The van der Waals surface area contributed by atoms with E-state index in [1.165, 1.54) is 50.6 Å². The summed E-state index contributed by atoms with van der Waals surface area (Å²) < 4.78 is 36.7. The van der Waals surface area contributed by atoms with Crippen molar-refractivity contribution in [2.24, 2.45) is 11.8 Å². The molecule has 0 saturated heterocycles. The van der Waals surface area contributed by atoms with E-state index in [-0.39, 0.29) is 30.0 Å². The molecule has 2 aliphatic carbocycles. The largest absolute Gasteiger partial charge is 0.460 e. The van der Waals surface area contributed by atoms with Crippen molar-refractivity contribution in [1.29, 1.82) is 0 Å². The van der Waals surface area contributed by atoms with Gasteiger partial charge < -0.3 is 15.0 Å². The number of aryl methyl sites for hydroxylation is 1. The summed E-state index contributed by atoms with van der Waals surface area (Å²) >= 11 is 0. The topological polar surface area (TPSA) is 78.9 Å². The Balaban J connectivity index is 1.46. The average molecular weight is 427 g/mol. The molecule has 2 saturated carbocycles. The molecule has 3 atom stereocenters. The number of fused-ring (bicyclic) bond motifs is 2. The van der Waals surface area contributed by atoms with Crippen LogP contribution in [0.5, 0.6) is 6.01 Å². The third kappa shape index (κ3) is 3.72. The van der Waals surface area contributed by atoms with Crippen LogP contribution in [-0.2, 0) is 6.54 Å². The normalized spacial score (nSPS) is 23.6. The minimum atomic E-state index is -0.603. The first-order chi connectivity index (χ1) is 15.0. The first-order valence-corrected chi connectivity index (χ1v) is 11.1. The molecule has 2 aliphatic rings. The van der Waals surface area contributed by atoms with E-state index in [0.717, 1.165) is 12.8 Å². The van der Waals surface area contributed by atoms with Crippen LogP contribution >= 0.6 is 0 Å². The molecular formula is C23H27F2N5O. The molecule has 1 aromatic carbocycles. The molecule has 3 aromatic rings. The number of anilines is 1. The average Bonchev–Trinajstić information content (AvgIpc) is 3.17. The Labute approximate surface area is 179 Å². The van der Waals surface area contributed by atoms with Gasteiger partial charge in [-0.1, -0.05) is 25.3 Å². The molecule has 6 nitrogen and oxygen atoms in total. The number of hydrogen-bond donors (Lipinski definition) is 1. The highest BCUT2D eigenvalue weighted by molar-refractivity contribution is 5.82. The number of imidazole rings is 1. The van der Waals surface area contributed by atoms with Gasteiger partial charge in [0.05, 0.1) is 12.9 Å². The number of nitrogens with two attached hydrogens (primary N) is 1. The molecule has 2 aromatic heterocycles. The third-order valence-electron chi connectivity index (χ3n) is 6.94. The summed E-state index contributed by atoms with van der Waals surface area (Å²) in [7, 11) is 0. The fourth-order valence-electron chi connectivity index (χ4n) is 5.31. The van der Waals surface area contributed by atoms with Gasteiger partial charge in [-0.2, -0.15) is 9.97 Å². The van der Waals surface area contributed by atoms with Crippen molar-refractivity contribution in [3.8, 4) is 6.01 Å². The number of aromatic nitrogens is 4. The molecule has 5 rings (SSSR count). The molecule has 2 fully saturated rings. The molecule has 3 unspecified atom stereocenters. The Kier molecular flexibility index (Phi) is 5.24. The van der Waals surface area contributed by atoms with Crippen LogP contribution in [0.2, 0.25) is 0 Å². The second kappa shape index (κ2) is 8.05. The lowest BCUT2D eigenvalue weighted by atomic mass is 9.69. The monoisotopic (exact) mass is 427 g/mol. The predicted molar refractivity (Wildman–Crippen MR) is 114 cm³/mol. The van der Waals surface area contributed by atoms with Gasteiger partial charge in [0.25, 0.3) is 0 Å². The summed E-state index contributed by atoms with van der Waals surface area (Å²) in [6.45, 7) is 1.57. The summed E-state index contributed by atoms with van der Waals surface area (Å²) in [5.74, 6) is 0.287. The zero-order valence-corrected chi connectivity index (χ0v) is 17.7. The lowest BCUT2D eigenvalue weighted by molar-refractivity contribution is 0.0221. The van der Waals surface area contributed by atoms with Gasteiger partial charge in [-0.05, 0) is 56.1 Å². The van der Waals surface area contributed by atoms with Gasteiger partial charge in [-0.25, -0.2) is 13.8 Å². The summed E-state index contributed by atoms with van der Waals surface area (Å²) in [6.07, 6.45) is 9.96. The van der Waals surface area contributed by atoms with Crippen LogP contribution in [0.15, 0.2) is 18.5 Å². The van der Waals surface area contributed by atoms with E-state index >= 15 is 0 Å². The van der Waals surface area contributed by atoms with Gasteiger partial charge in [0, 0.05) is 5.56 Å². The zero-order valence-electron chi connectivity index (χ0n) is 17.7. The summed E-state index contributed by atoms with van der Waals surface area (Å²) in [4.78, 5) is 13.1. The van der Waals surface area contributed by atoms with E-state index in [1.807, 2.05) is 0 Å². The van der Waals surface area contributed by atoms with Crippen LogP contribution in [0.25, 0.3) is 11.2 Å². The number of nitrogens with zero attached hydrogens (tertiary/aromatic N) is 4. The number of nitrogen functional groups attached to an aromatic ring is 1. The van der Waals surface area contributed by atoms with Crippen molar-refractivity contribution >= 4 is 17.0 Å². The maximum absolute atomic E-state index is 14.5. The maximum atomic E-state index is 14.5. The molecule has 0 spiro atoms. The number of rotatable bonds is 4. The molecule has 0 amide bonds. The highest BCUT2D eigenvalue weighted by Crippen LogP contribution is 2.42. The number of ether oxygens (including phenoxy) is 1. The van der Waals surface area contributed by atoms with Gasteiger partial charge in [0.1, 0.15) is 17.7 Å². The summed E-state index contributed by atoms with van der Waals surface area (Å²) in [6, 6.07) is 2.91. The smallest absolute Gasteiger partial charge is 0.320 e. The van der Waals surface area contributed by atoms with Crippen LogP contribution in [0.3, 0.4) is 0 Å². The van der Waals surface area contributed by atoms with E-state index in [4.69, 9.17) is 10.5 Å². The zero-order chi connectivity index (χ0) is 21.5. The fourth-order valence-corrected chi connectivity index (χ4v) is 5.31. The third-order valence-corrected chi connectivity index (χ3v) is 6.94. The fraction of sp³-hybridized carbons (Fsp3) is 0.522.